The minimum Gasteiger partial charge on any atom is -0.388 e. The van der Waals surface area contributed by atoms with Gasteiger partial charge in [0.05, 0.1) is 5.60 Å². The van der Waals surface area contributed by atoms with Crippen LogP contribution in [0, 0.1) is 5.92 Å². The maximum absolute atomic E-state index is 12.3. The number of rotatable bonds is 4. The number of amides is 1. The van der Waals surface area contributed by atoms with Gasteiger partial charge in [-0.2, -0.15) is 0 Å². The minimum absolute atomic E-state index is 0.229. The highest BCUT2D eigenvalue weighted by atomic mass is 16.5. The van der Waals surface area contributed by atoms with Crippen LogP contribution in [0.4, 0.5) is 0 Å². The summed E-state index contributed by atoms with van der Waals surface area (Å²) in [6, 6.07) is 0. The van der Waals surface area contributed by atoms with Crippen LogP contribution < -0.4 is 0 Å². The van der Waals surface area contributed by atoms with Crippen LogP contribution in [-0.4, -0.2) is 73.4 Å². The fourth-order valence-electron chi connectivity index (χ4n) is 3.26. The smallest absolute Gasteiger partial charge is 0.222 e. The maximum Gasteiger partial charge on any atom is 0.222 e. The van der Waals surface area contributed by atoms with Crippen molar-refractivity contribution in [2.45, 2.75) is 37.7 Å². The first-order valence-electron chi connectivity index (χ1n) is 7.71. The summed E-state index contributed by atoms with van der Waals surface area (Å²) in [4.78, 5) is 16.2. The van der Waals surface area contributed by atoms with Crippen molar-refractivity contribution in [1.29, 1.82) is 0 Å². The SMILES string of the molecule is CN(C)CC1(O)CCN(C(=O)C[C@@H]2CCCOC2)CC1. The highest BCUT2D eigenvalue weighted by molar-refractivity contribution is 5.76. The van der Waals surface area contributed by atoms with Gasteiger partial charge in [0, 0.05) is 39.3 Å². The number of ether oxygens (including phenoxy) is 1. The number of nitrogens with zero attached hydrogens (tertiary/aromatic N) is 2. The highest BCUT2D eigenvalue weighted by Gasteiger charge is 2.34. The summed E-state index contributed by atoms with van der Waals surface area (Å²) in [5.74, 6) is 0.617. The molecule has 0 aromatic heterocycles. The van der Waals surface area contributed by atoms with Gasteiger partial charge in [0.25, 0.3) is 0 Å². The normalized spacial score (nSPS) is 26.8. The Bertz CT molecular complexity index is 319. The van der Waals surface area contributed by atoms with Crippen LogP contribution in [0.1, 0.15) is 32.1 Å². The zero-order valence-electron chi connectivity index (χ0n) is 12.8. The quantitative estimate of drug-likeness (QED) is 0.826. The summed E-state index contributed by atoms with van der Waals surface area (Å²) in [6.07, 6.45) is 4.13. The summed E-state index contributed by atoms with van der Waals surface area (Å²) < 4.78 is 5.43. The zero-order valence-corrected chi connectivity index (χ0v) is 12.8. The molecule has 1 atom stereocenters. The highest BCUT2D eigenvalue weighted by Crippen LogP contribution is 2.25. The summed E-state index contributed by atoms with van der Waals surface area (Å²) in [5.41, 5.74) is -0.631. The lowest BCUT2D eigenvalue weighted by Crippen LogP contribution is -2.51. The van der Waals surface area contributed by atoms with Crippen molar-refractivity contribution in [3.05, 3.63) is 0 Å². The lowest BCUT2D eigenvalue weighted by Gasteiger charge is -2.40. The molecule has 0 saturated carbocycles. The molecular formula is C15H28N2O3. The van der Waals surface area contributed by atoms with Gasteiger partial charge < -0.3 is 19.6 Å². The Morgan fingerprint density at radius 2 is 2.10 bits per heavy atom. The van der Waals surface area contributed by atoms with Crippen LogP contribution in [-0.2, 0) is 9.53 Å². The van der Waals surface area contributed by atoms with Gasteiger partial charge in [0.15, 0.2) is 0 Å². The number of aliphatic hydroxyl groups is 1. The fraction of sp³-hybridized carbons (Fsp3) is 0.933. The van der Waals surface area contributed by atoms with Crippen LogP contribution in [0.5, 0.6) is 0 Å². The van der Waals surface area contributed by atoms with Crippen LogP contribution in [0.15, 0.2) is 0 Å². The first kappa shape index (κ1) is 15.7. The summed E-state index contributed by atoms with van der Waals surface area (Å²) in [5, 5.41) is 10.5. The topological polar surface area (TPSA) is 53.0 Å². The van der Waals surface area contributed by atoms with E-state index in [1.165, 1.54) is 0 Å². The van der Waals surface area contributed by atoms with Gasteiger partial charge in [-0.1, -0.05) is 0 Å². The molecule has 1 amide bonds. The molecule has 0 aromatic carbocycles. The van der Waals surface area contributed by atoms with E-state index in [1.807, 2.05) is 23.9 Å². The van der Waals surface area contributed by atoms with Crippen molar-refractivity contribution in [1.82, 2.24) is 9.80 Å². The molecule has 2 fully saturated rings. The number of likely N-dealkylation sites (N-methyl/N-ethyl adjacent to an activating group) is 1. The van der Waals surface area contributed by atoms with E-state index >= 15 is 0 Å². The summed E-state index contributed by atoms with van der Waals surface area (Å²) in [6.45, 7) is 3.59. The monoisotopic (exact) mass is 284 g/mol. The van der Waals surface area contributed by atoms with Crippen molar-refractivity contribution in [3.8, 4) is 0 Å². The molecule has 5 nitrogen and oxygen atoms in total. The molecule has 0 aromatic rings. The van der Waals surface area contributed by atoms with E-state index in [-0.39, 0.29) is 5.91 Å². The molecule has 2 aliphatic heterocycles. The number of hydrogen-bond donors (Lipinski definition) is 1. The number of piperidine rings is 1. The Morgan fingerprint density at radius 3 is 2.65 bits per heavy atom. The van der Waals surface area contributed by atoms with Gasteiger partial charge in [0.1, 0.15) is 0 Å². The number of carbonyl (C=O) groups is 1. The van der Waals surface area contributed by atoms with Crippen LogP contribution in [0.2, 0.25) is 0 Å². The Hall–Kier alpha value is -0.650. The van der Waals surface area contributed by atoms with Gasteiger partial charge >= 0.3 is 0 Å². The van der Waals surface area contributed by atoms with Crippen molar-refractivity contribution in [2.24, 2.45) is 5.92 Å². The molecule has 1 N–H and O–H groups in total. The standard InChI is InChI=1S/C15H28N2O3/c1-16(2)12-15(19)5-7-17(8-6-15)14(18)10-13-4-3-9-20-11-13/h13,19H,3-12H2,1-2H3/t13-/m0/s1. The van der Waals surface area contributed by atoms with E-state index < -0.39 is 5.60 Å². The predicted octanol–water partition coefficient (Wildman–Crippen LogP) is 0.718. The van der Waals surface area contributed by atoms with Crippen LogP contribution in [0.3, 0.4) is 0 Å². The molecule has 116 valence electrons. The second-order valence-corrected chi connectivity index (χ2v) is 6.63. The lowest BCUT2D eigenvalue weighted by atomic mass is 9.90. The van der Waals surface area contributed by atoms with Crippen molar-refractivity contribution in [2.75, 3.05) is 46.9 Å². The first-order valence-corrected chi connectivity index (χ1v) is 7.71. The Balaban J connectivity index is 1.76. The van der Waals surface area contributed by atoms with Gasteiger partial charge in [-0.15, -0.1) is 0 Å². The third-order valence-corrected chi connectivity index (χ3v) is 4.38. The molecule has 2 heterocycles. The third kappa shape index (κ3) is 4.43. The molecule has 0 spiro atoms. The second kappa shape index (κ2) is 6.87. The second-order valence-electron chi connectivity index (χ2n) is 6.63. The molecule has 0 bridgehead atoms. The zero-order chi connectivity index (χ0) is 14.6. The summed E-state index contributed by atoms with van der Waals surface area (Å²) in [7, 11) is 3.94. The molecule has 2 aliphatic rings. The van der Waals surface area contributed by atoms with Crippen molar-refractivity contribution in [3.63, 3.8) is 0 Å². The largest absolute Gasteiger partial charge is 0.388 e. The molecule has 20 heavy (non-hydrogen) atoms. The van der Waals surface area contributed by atoms with Crippen LogP contribution >= 0.6 is 0 Å². The van der Waals surface area contributed by atoms with E-state index in [0.717, 1.165) is 26.1 Å². The average Bonchev–Trinajstić information content (AvgIpc) is 2.39. The van der Waals surface area contributed by atoms with Crippen molar-refractivity contribution >= 4 is 5.91 Å². The number of hydrogen-bond acceptors (Lipinski definition) is 4. The average molecular weight is 284 g/mol. The molecule has 2 rings (SSSR count). The molecule has 2 saturated heterocycles. The van der Waals surface area contributed by atoms with Crippen LogP contribution in [0.25, 0.3) is 0 Å². The molecule has 0 aliphatic carbocycles. The van der Waals surface area contributed by atoms with E-state index in [2.05, 4.69) is 0 Å². The fourth-order valence-corrected chi connectivity index (χ4v) is 3.26. The molecule has 0 radical (unpaired) electrons. The van der Waals surface area contributed by atoms with E-state index in [4.69, 9.17) is 4.74 Å². The molecule has 5 heteroatoms. The van der Waals surface area contributed by atoms with E-state index in [0.29, 0.717) is 44.8 Å². The van der Waals surface area contributed by atoms with Gasteiger partial charge in [-0.3, -0.25) is 4.79 Å². The Labute approximate surface area is 121 Å². The first-order chi connectivity index (χ1) is 9.48. The molecular weight excluding hydrogens is 256 g/mol. The van der Waals surface area contributed by atoms with E-state index in [9.17, 15) is 9.90 Å². The van der Waals surface area contributed by atoms with E-state index in [1.54, 1.807) is 0 Å². The van der Waals surface area contributed by atoms with Crippen molar-refractivity contribution < 1.29 is 14.6 Å². The van der Waals surface area contributed by atoms with Gasteiger partial charge in [0.2, 0.25) is 5.91 Å². The minimum atomic E-state index is -0.631. The predicted molar refractivity (Wildman–Crippen MR) is 77.5 cm³/mol. The Kier molecular flexibility index (Phi) is 5.41. The van der Waals surface area contributed by atoms with Gasteiger partial charge in [-0.05, 0) is 45.7 Å². The van der Waals surface area contributed by atoms with Gasteiger partial charge in [-0.25, -0.2) is 0 Å². The third-order valence-electron chi connectivity index (χ3n) is 4.38. The molecule has 0 unspecified atom stereocenters. The lowest BCUT2D eigenvalue weighted by molar-refractivity contribution is -0.137. The maximum atomic E-state index is 12.3. The number of carbonyl (C=O) groups excluding carboxylic acids is 1. The number of likely N-dealkylation sites (tertiary alicyclic amines) is 1. The summed E-state index contributed by atoms with van der Waals surface area (Å²) >= 11 is 0. The Morgan fingerprint density at radius 1 is 1.40 bits per heavy atom.